The van der Waals surface area contributed by atoms with Crippen molar-refractivity contribution in [2.45, 2.75) is 26.2 Å². The molecule has 0 aliphatic heterocycles. The van der Waals surface area contributed by atoms with Crippen LogP contribution in [0.2, 0.25) is 0 Å². The van der Waals surface area contributed by atoms with E-state index in [2.05, 4.69) is 5.48 Å². The predicted molar refractivity (Wildman–Crippen MR) is 59.2 cm³/mol. The van der Waals surface area contributed by atoms with E-state index in [1.165, 1.54) is 0 Å². The van der Waals surface area contributed by atoms with Gasteiger partial charge >= 0.3 is 0 Å². The zero-order valence-electron chi connectivity index (χ0n) is 9.19. The van der Waals surface area contributed by atoms with E-state index in [1.807, 2.05) is 44.2 Å². The summed E-state index contributed by atoms with van der Waals surface area (Å²) in [5, 5.41) is 0. The molecule has 1 N–H and O–H groups in total. The second-order valence-corrected chi connectivity index (χ2v) is 3.27. The smallest absolute Gasteiger partial charge is 0.251 e. The van der Waals surface area contributed by atoms with Crippen LogP contribution >= 0.6 is 0 Å². The number of benzene rings is 1. The predicted octanol–water partition coefficient (Wildman–Crippen LogP) is 2.25. The Bertz CT molecular complexity index is 298. The number of carbonyl (C=O) groups is 1. The van der Waals surface area contributed by atoms with Gasteiger partial charge in [0.05, 0.1) is 12.5 Å². The van der Waals surface area contributed by atoms with E-state index in [-0.39, 0.29) is 11.8 Å². The van der Waals surface area contributed by atoms with Gasteiger partial charge in [0.25, 0.3) is 5.91 Å². The molecular formula is C12H17NO2. The number of hydroxylamine groups is 1. The van der Waals surface area contributed by atoms with Gasteiger partial charge in [-0.1, -0.05) is 37.3 Å². The lowest BCUT2D eigenvalue weighted by atomic mass is 9.96. The van der Waals surface area contributed by atoms with E-state index < -0.39 is 0 Å². The fraction of sp³-hybridized carbons (Fsp3) is 0.417. The first-order valence-corrected chi connectivity index (χ1v) is 5.26. The SMILES string of the molecule is CCONC(=O)[C@@H](CC)c1ccccc1. The van der Waals surface area contributed by atoms with Crippen molar-refractivity contribution < 1.29 is 9.63 Å². The lowest BCUT2D eigenvalue weighted by Crippen LogP contribution is -2.29. The van der Waals surface area contributed by atoms with Crippen molar-refractivity contribution in [1.82, 2.24) is 5.48 Å². The quantitative estimate of drug-likeness (QED) is 0.752. The number of rotatable bonds is 5. The molecule has 1 atom stereocenters. The maximum absolute atomic E-state index is 11.7. The minimum Gasteiger partial charge on any atom is -0.274 e. The number of hydrogen-bond acceptors (Lipinski definition) is 2. The molecule has 15 heavy (non-hydrogen) atoms. The zero-order chi connectivity index (χ0) is 11.1. The van der Waals surface area contributed by atoms with Crippen molar-refractivity contribution in [1.29, 1.82) is 0 Å². The topological polar surface area (TPSA) is 38.3 Å². The monoisotopic (exact) mass is 207 g/mol. The van der Waals surface area contributed by atoms with Gasteiger partial charge in [0.1, 0.15) is 0 Å². The average Bonchev–Trinajstić information content (AvgIpc) is 2.29. The Labute approximate surface area is 90.4 Å². The van der Waals surface area contributed by atoms with Crippen LogP contribution in [0.1, 0.15) is 31.7 Å². The lowest BCUT2D eigenvalue weighted by molar-refractivity contribution is -0.134. The lowest BCUT2D eigenvalue weighted by Gasteiger charge is -2.14. The van der Waals surface area contributed by atoms with Crippen LogP contribution in [0.15, 0.2) is 30.3 Å². The van der Waals surface area contributed by atoms with Gasteiger partial charge in [-0.05, 0) is 18.9 Å². The zero-order valence-corrected chi connectivity index (χ0v) is 9.19. The Morgan fingerprint density at radius 1 is 1.33 bits per heavy atom. The van der Waals surface area contributed by atoms with Crippen molar-refractivity contribution in [3.63, 3.8) is 0 Å². The first-order valence-electron chi connectivity index (χ1n) is 5.26. The van der Waals surface area contributed by atoms with Gasteiger partial charge in [-0.15, -0.1) is 0 Å². The van der Waals surface area contributed by atoms with Crippen molar-refractivity contribution >= 4 is 5.91 Å². The third kappa shape index (κ3) is 3.36. The molecule has 0 bridgehead atoms. The van der Waals surface area contributed by atoms with E-state index in [4.69, 9.17) is 4.84 Å². The van der Waals surface area contributed by atoms with Crippen LogP contribution in [-0.4, -0.2) is 12.5 Å². The molecule has 0 saturated carbocycles. The highest BCUT2D eigenvalue weighted by Crippen LogP contribution is 2.18. The van der Waals surface area contributed by atoms with Gasteiger partial charge in [-0.3, -0.25) is 9.63 Å². The maximum atomic E-state index is 11.7. The second-order valence-electron chi connectivity index (χ2n) is 3.27. The molecule has 1 aromatic rings. The molecule has 3 heteroatoms. The summed E-state index contributed by atoms with van der Waals surface area (Å²) in [5.74, 6) is -0.205. The van der Waals surface area contributed by atoms with E-state index in [1.54, 1.807) is 0 Å². The van der Waals surface area contributed by atoms with Crippen molar-refractivity contribution in [2.75, 3.05) is 6.61 Å². The Hall–Kier alpha value is -1.35. The third-order valence-corrected chi connectivity index (χ3v) is 2.24. The van der Waals surface area contributed by atoms with E-state index >= 15 is 0 Å². The van der Waals surface area contributed by atoms with Crippen LogP contribution in [0, 0.1) is 0 Å². The summed E-state index contributed by atoms with van der Waals surface area (Å²) >= 11 is 0. The third-order valence-electron chi connectivity index (χ3n) is 2.24. The summed E-state index contributed by atoms with van der Waals surface area (Å²) in [5.41, 5.74) is 3.47. The summed E-state index contributed by atoms with van der Waals surface area (Å²) in [4.78, 5) is 16.6. The molecule has 0 unspecified atom stereocenters. The Morgan fingerprint density at radius 2 is 2.00 bits per heavy atom. The van der Waals surface area contributed by atoms with Crippen molar-refractivity contribution in [2.24, 2.45) is 0 Å². The molecule has 0 fully saturated rings. The number of hydrogen-bond donors (Lipinski definition) is 1. The van der Waals surface area contributed by atoms with E-state index in [9.17, 15) is 4.79 Å². The number of carbonyl (C=O) groups excluding carboxylic acids is 1. The molecule has 3 nitrogen and oxygen atoms in total. The number of nitrogens with one attached hydrogen (secondary N) is 1. The molecule has 0 spiro atoms. The van der Waals surface area contributed by atoms with Crippen LogP contribution in [0.4, 0.5) is 0 Å². The highest BCUT2D eigenvalue weighted by Gasteiger charge is 2.17. The second kappa shape index (κ2) is 6.19. The van der Waals surface area contributed by atoms with Gasteiger partial charge in [-0.2, -0.15) is 0 Å². The average molecular weight is 207 g/mol. The Morgan fingerprint density at radius 3 is 2.53 bits per heavy atom. The minimum atomic E-state index is -0.127. The van der Waals surface area contributed by atoms with Gasteiger partial charge < -0.3 is 0 Å². The van der Waals surface area contributed by atoms with Gasteiger partial charge in [0.2, 0.25) is 0 Å². The summed E-state index contributed by atoms with van der Waals surface area (Å²) in [6.45, 7) is 4.31. The summed E-state index contributed by atoms with van der Waals surface area (Å²) in [6, 6.07) is 9.73. The molecule has 1 amide bonds. The minimum absolute atomic E-state index is 0.0782. The normalized spacial score (nSPS) is 12.1. The molecule has 1 aromatic carbocycles. The van der Waals surface area contributed by atoms with E-state index in [0.29, 0.717) is 6.61 Å². The largest absolute Gasteiger partial charge is 0.274 e. The molecule has 1 rings (SSSR count). The van der Waals surface area contributed by atoms with Gasteiger partial charge in [0.15, 0.2) is 0 Å². The van der Waals surface area contributed by atoms with E-state index in [0.717, 1.165) is 12.0 Å². The molecular weight excluding hydrogens is 190 g/mol. The maximum Gasteiger partial charge on any atom is 0.251 e. The fourth-order valence-corrected chi connectivity index (χ4v) is 1.47. The standard InChI is InChI=1S/C12H17NO2/c1-3-11(12(14)13-15-4-2)10-8-6-5-7-9-10/h5-9,11H,3-4H2,1-2H3,(H,13,14)/t11-/m0/s1. The van der Waals surface area contributed by atoms with Crippen LogP contribution in [0.25, 0.3) is 0 Å². The van der Waals surface area contributed by atoms with Crippen molar-refractivity contribution in [3.05, 3.63) is 35.9 Å². The molecule has 82 valence electrons. The first kappa shape index (κ1) is 11.7. The number of amides is 1. The van der Waals surface area contributed by atoms with Crippen molar-refractivity contribution in [3.8, 4) is 0 Å². The Balaban J connectivity index is 2.67. The molecule has 0 aliphatic rings. The molecule has 0 heterocycles. The van der Waals surface area contributed by atoms with Crippen LogP contribution in [0.3, 0.4) is 0 Å². The molecule has 0 aliphatic carbocycles. The molecule has 0 aromatic heterocycles. The van der Waals surface area contributed by atoms with Crippen LogP contribution in [0.5, 0.6) is 0 Å². The fourth-order valence-electron chi connectivity index (χ4n) is 1.47. The summed E-state index contributed by atoms with van der Waals surface area (Å²) < 4.78 is 0. The summed E-state index contributed by atoms with van der Waals surface area (Å²) in [7, 11) is 0. The van der Waals surface area contributed by atoms with Gasteiger partial charge in [0, 0.05) is 0 Å². The summed E-state index contributed by atoms with van der Waals surface area (Å²) in [6.07, 6.45) is 0.767. The highest BCUT2D eigenvalue weighted by molar-refractivity contribution is 5.82. The Kier molecular flexibility index (Phi) is 4.84. The van der Waals surface area contributed by atoms with Crippen LogP contribution in [-0.2, 0) is 9.63 Å². The molecule has 0 saturated heterocycles. The highest BCUT2D eigenvalue weighted by atomic mass is 16.6. The molecule has 0 radical (unpaired) electrons. The van der Waals surface area contributed by atoms with Gasteiger partial charge in [-0.25, -0.2) is 5.48 Å². The first-order chi connectivity index (χ1) is 7.29. The van der Waals surface area contributed by atoms with Crippen LogP contribution < -0.4 is 5.48 Å².